The molecule has 0 aromatic heterocycles. The van der Waals surface area contributed by atoms with Crippen LogP contribution >= 0.6 is 0 Å². The maximum atomic E-state index is 13.4. The Kier molecular flexibility index (Phi) is 7.37. The van der Waals surface area contributed by atoms with E-state index >= 15 is 0 Å². The van der Waals surface area contributed by atoms with Gasteiger partial charge in [0.2, 0.25) is 0 Å². The number of allylic oxidation sites excluding steroid dienone is 2. The highest BCUT2D eigenvalue weighted by atomic mass is 16.5. The molecule has 1 aromatic carbocycles. The van der Waals surface area contributed by atoms with E-state index in [0.717, 1.165) is 75.0 Å². The van der Waals surface area contributed by atoms with Gasteiger partial charge in [-0.15, -0.1) is 0 Å². The minimum atomic E-state index is -0.304. The lowest BCUT2D eigenvalue weighted by atomic mass is 9.67. The Morgan fingerprint density at radius 1 is 1.27 bits per heavy atom. The van der Waals surface area contributed by atoms with Gasteiger partial charge < -0.3 is 20.1 Å². The van der Waals surface area contributed by atoms with Gasteiger partial charge in [0.1, 0.15) is 17.1 Å². The first-order valence-electron chi connectivity index (χ1n) is 13.1. The Hall–Kier alpha value is -2.01. The lowest BCUT2D eigenvalue weighted by molar-refractivity contribution is 0.0107. The second kappa shape index (κ2) is 10.1. The number of ether oxygens (including phenoxy) is 1. The molecule has 4 rings (SSSR count). The second-order valence-corrected chi connectivity index (χ2v) is 10.8. The van der Waals surface area contributed by atoms with Crippen LogP contribution in [0, 0.1) is 5.92 Å². The molecule has 1 fully saturated rings. The molecule has 0 radical (unpaired) electrons. The molecule has 0 bridgehead atoms. The average Bonchev–Trinajstić information content (AvgIpc) is 3.26. The molecule has 182 valence electrons. The van der Waals surface area contributed by atoms with Gasteiger partial charge in [0.05, 0.1) is 5.56 Å². The number of nitrogens with zero attached hydrogens (tertiary/aromatic N) is 1. The van der Waals surface area contributed by atoms with Gasteiger partial charge in [0.15, 0.2) is 0 Å². The first kappa shape index (κ1) is 24.1. The van der Waals surface area contributed by atoms with Crippen molar-refractivity contribution in [3.05, 3.63) is 34.4 Å². The first-order valence-corrected chi connectivity index (χ1v) is 13.1. The van der Waals surface area contributed by atoms with Crippen molar-refractivity contribution in [3.63, 3.8) is 0 Å². The summed E-state index contributed by atoms with van der Waals surface area (Å²) in [6, 6.07) is 2.05. The SMILES string of the molecule is CCCCCc1cc2c(c(O)c1C(=O)NCCN1CCCC1)[C@@H]1C=C(C)CC[C@H]1C(C)(C)O2. The highest BCUT2D eigenvalue weighted by Crippen LogP contribution is 2.54. The monoisotopic (exact) mass is 454 g/mol. The van der Waals surface area contributed by atoms with Crippen LogP contribution in [-0.4, -0.2) is 47.7 Å². The zero-order valence-corrected chi connectivity index (χ0v) is 21.0. The van der Waals surface area contributed by atoms with E-state index < -0.39 is 0 Å². The summed E-state index contributed by atoms with van der Waals surface area (Å²) >= 11 is 0. The molecule has 1 aromatic rings. The number of aromatic hydroxyl groups is 1. The summed E-state index contributed by atoms with van der Waals surface area (Å²) in [6.45, 7) is 12.4. The predicted octanol–water partition coefficient (Wildman–Crippen LogP) is 5.56. The highest BCUT2D eigenvalue weighted by Gasteiger charge is 2.46. The van der Waals surface area contributed by atoms with Crippen LogP contribution in [0.4, 0.5) is 0 Å². The Labute approximate surface area is 199 Å². The molecule has 5 heteroatoms. The summed E-state index contributed by atoms with van der Waals surface area (Å²) in [5, 5.41) is 14.7. The van der Waals surface area contributed by atoms with E-state index in [0.29, 0.717) is 12.1 Å². The summed E-state index contributed by atoms with van der Waals surface area (Å²) in [5.74, 6) is 1.10. The van der Waals surface area contributed by atoms with Crippen LogP contribution in [0.15, 0.2) is 17.7 Å². The molecular formula is C28H42N2O3. The molecule has 0 saturated carbocycles. The van der Waals surface area contributed by atoms with Crippen LogP contribution in [0.25, 0.3) is 0 Å². The van der Waals surface area contributed by atoms with Crippen LogP contribution in [0.2, 0.25) is 0 Å². The van der Waals surface area contributed by atoms with E-state index in [4.69, 9.17) is 4.74 Å². The number of aryl methyl sites for hydroxylation is 1. The molecule has 2 aliphatic heterocycles. The van der Waals surface area contributed by atoms with Crippen molar-refractivity contribution in [2.75, 3.05) is 26.2 Å². The van der Waals surface area contributed by atoms with E-state index in [9.17, 15) is 9.90 Å². The molecule has 0 spiro atoms. The van der Waals surface area contributed by atoms with Crippen LogP contribution in [-0.2, 0) is 6.42 Å². The molecule has 33 heavy (non-hydrogen) atoms. The third-order valence-electron chi connectivity index (χ3n) is 7.92. The quantitative estimate of drug-likeness (QED) is 0.399. The van der Waals surface area contributed by atoms with Crippen molar-refractivity contribution >= 4 is 5.91 Å². The molecule has 2 N–H and O–H groups in total. The Balaban J connectivity index is 1.67. The average molecular weight is 455 g/mol. The molecule has 2 heterocycles. The maximum Gasteiger partial charge on any atom is 0.255 e. The fraction of sp³-hybridized carbons (Fsp3) is 0.679. The van der Waals surface area contributed by atoms with Gasteiger partial charge in [-0.05, 0) is 84.0 Å². The van der Waals surface area contributed by atoms with Crippen LogP contribution < -0.4 is 10.1 Å². The van der Waals surface area contributed by atoms with E-state index in [-0.39, 0.29) is 29.1 Å². The van der Waals surface area contributed by atoms with E-state index in [1.807, 2.05) is 0 Å². The predicted molar refractivity (Wildman–Crippen MR) is 133 cm³/mol. The van der Waals surface area contributed by atoms with Gasteiger partial charge >= 0.3 is 0 Å². The molecule has 2 atom stereocenters. The number of rotatable bonds is 8. The number of hydrogen-bond donors (Lipinski definition) is 2. The fourth-order valence-corrected chi connectivity index (χ4v) is 6.05. The van der Waals surface area contributed by atoms with Crippen LogP contribution in [0.3, 0.4) is 0 Å². The largest absolute Gasteiger partial charge is 0.507 e. The number of amides is 1. The molecule has 1 saturated heterocycles. The molecule has 1 aliphatic carbocycles. The third-order valence-corrected chi connectivity index (χ3v) is 7.92. The number of phenols is 1. The van der Waals surface area contributed by atoms with Crippen LogP contribution in [0.1, 0.15) is 100 Å². The summed E-state index contributed by atoms with van der Waals surface area (Å²) < 4.78 is 6.51. The Morgan fingerprint density at radius 2 is 2.03 bits per heavy atom. The van der Waals surface area contributed by atoms with E-state index in [1.165, 1.54) is 18.4 Å². The Bertz CT molecular complexity index is 899. The normalized spacial score (nSPS) is 23.9. The van der Waals surface area contributed by atoms with Crippen LogP contribution in [0.5, 0.6) is 11.5 Å². The number of unbranched alkanes of at least 4 members (excludes halogenated alkanes) is 2. The van der Waals surface area contributed by atoms with Gasteiger partial charge in [0.25, 0.3) is 5.91 Å². The highest BCUT2D eigenvalue weighted by molar-refractivity contribution is 5.99. The minimum absolute atomic E-state index is 0.0818. The number of likely N-dealkylation sites (tertiary alicyclic amines) is 1. The van der Waals surface area contributed by atoms with Crippen molar-refractivity contribution in [3.8, 4) is 11.5 Å². The number of benzene rings is 1. The van der Waals surface area contributed by atoms with Crippen molar-refractivity contribution < 1.29 is 14.6 Å². The molecule has 5 nitrogen and oxygen atoms in total. The molecule has 0 unspecified atom stereocenters. The number of fused-ring (bicyclic) bond motifs is 3. The van der Waals surface area contributed by atoms with Crippen molar-refractivity contribution in [1.29, 1.82) is 0 Å². The summed E-state index contributed by atoms with van der Waals surface area (Å²) in [6.07, 6.45) is 10.9. The van der Waals surface area contributed by atoms with Crippen molar-refractivity contribution in [1.82, 2.24) is 10.2 Å². The lowest BCUT2D eigenvalue weighted by Gasteiger charge is -2.46. The number of carbonyl (C=O) groups excluding carboxylic acids is 1. The maximum absolute atomic E-state index is 13.4. The zero-order chi connectivity index (χ0) is 23.6. The van der Waals surface area contributed by atoms with Gasteiger partial charge in [-0.25, -0.2) is 0 Å². The number of nitrogens with one attached hydrogen (secondary N) is 1. The number of hydrogen-bond acceptors (Lipinski definition) is 4. The topological polar surface area (TPSA) is 61.8 Å². The second-order valence-electron chi connectivity index (χ2n) is 10.8. The molecule has 1 amide bonds. The summed E-state index contributed by atoms with van der Waals surface area (Å²) in [5.41, 5.74) is 3.22. The van der Waals surface area contributed by atoms with E-state index in [1.54, 1.807) is 0 Å². The molecule has 3 aliphatic rings. The van der Waals surface area contributed by atoms with Gasteiger partial charge in [-0.2, -0.15) is 0 Å². The minimum Gasteiger partial charge on any atom is -0.507 e. The van der Waals surface area contributed by atoms with Crippen molar-refractivity contribution in [2.24, 2.45) is 5.92 Å². The summed E-state index contributed by atoms with van der Waals surface area (Å²) in [7, 11) is 0. The van der Waals surface area contributed by atoms with Gasteiger partial charge in [-0.1, -0.05) is 31.4 Å². The number of carbonyl (C=O) groups is 1. The smallest absolute Gasteiger partial charge is 0.255 e. The van der Waals surface area contributed by atoms with Crippen molar-refractivity contribution in [2.45, 2.75) is 90.6 Å². The number of phenolic OH excluding ortho intramolecular Hbond substituents is 1. The zero-order valence-electron chi connectivity index (χ0n) is 21.0. The van der Waals surface area contributed by atoms with E-state index in [2.05, 4.69) is 50.1 Å². The standard InChI is InChI=1S/C28H42N2O3/c1-5-6-7-10-20-18-23-25(21-17-19(2)11-12-22(21)28(3,4)33-23)26(31)24(20)27(32)29-13-16-30-14-8-9-15-30/h17-18,21-22,31H,5-16H2,1-4H3,(H,29,32)/t21-,22-/m1/s1. The Morgan fingerprint density at radius 3 is 2.76 bits per heavy atom. The first-order chi connectivity index (χ1) is 15.8. The fourth-order valence-electron chi connectivity index (χ4n) is 6.05. The van der Waals surface area contributed by atoms with Gasteiger partial charge in [0, 0.05) is 30.5 Å². The summed E-state index contributed by atoms with van der Waals surface area (Å²) in [4.78, 5) is 15.8. The lowest BCUT2D eigenvalue weighted by Crippen LogP contribution is -2.45. The van der Waals surface area contributed by atoms with Gasteiger partial charge in [-0.3, -0.25) is 4.79 Å². The third kappa shape index (κ3) is 5.08. The molecular weight excluding hydrogens is 412 g/mol.